The predicted octanol–water partition coefficient (Wildman–Crippen LogP) is 4.38. The lowest BCUT2D eigenvalue weighted by Crippen LogP contribution is -2.40. The molecule has 1 amide bonds. The van der Waals surface area contributed by atoms with Crippen molar-refractivity contribution < 1.29 is 14.7 Å². The molecule has 0 aromatic heterocycles. The molecular weight excluding hydrogens is 363 g/mol. The molecule has 25 heavy (non-hydrogen) atoms. The highest BCUT2D eigenvalue weighted by atomic mass is 35.5. The number of nitrogens with zero attached hydrogens (tertiary/aromatic N) is 1. The van der Waals surface area contributed by atoms with Crippen LogP contribution in [-0.2, 0) is 4.79 Å². The van der Waals surface area contributed by atoms with E-state index in [4.69, 9.17) is 23.2 Å². The van der Waals surface area contributed by atoms with Crippen LogP contribution in [0.5, 0.6) is 0 Å². The topological polar surface area (TPSA) is 78.8 Å². The van der Waals surface area contributed by atoms with Gasteiger partial charge in [0.25, 0.3) is 5.91 Å². The molecule has 7 heteroatoms. The molecule has 2 aliphatic carbocycles. The highest BCUT2D eigenvalue weighted by Gasteiger charge is 2.71. The molecule has 134 valence electrons. The average molecular weight is 383 g/mol. The molecule has 5 nitrogen and oxygen atoms in total. The fourth-order valence-electron chi connectivity index (χ4n) is 4.38. The van der Waals surface area contributed by atoms with Gasteiger partial charge in [-0.25, -0.2) is 5.43 Å². The van der Waals surface area contributed by atoms with Gasteiger partial charge in [0, 0.05) is 22.6 Å². The van der Waals surface area contributed by atoms with E-state index >= 15 is 0 Å². The minimum atomic E-state index is -0.830. The maximum atomic E-state index is 12.4. The van der Waals surface area contributed by atoms with Gasteiger partial charge in [0.15, 0.2) is 0 Å². The Bertz CT molecular complexity index is 806. The summed E-state index contributed by atoms with van der Waals surface area (Å²) in [5.41, 5.74) is 1.91. The van der Waals surface area contributed by atoms with Crippen molar-refractivity contribution in [2.45, 2.75) is 40.0 Å². The molecular formula is C18H20Cl2N2O3. The van der Waals surface area contributed by atoms with Crippen molar-refractivity contribution in [2.75, 3.05) is 0 Å². The normalized spacial score (nSPS) is 31.3. The summed E-state index contributed by atoms with van der Waals surface area (Å²) in [6.45, 7) is 5.99. The van der Waals surface area contributed by atoms with Gasteiger partial charge in [0.2, 0.25) is 0 Å². The van der Waals surface area contributed by atoms with Crippen molar-refractivity contribution in [1.29, 1.82) is 0 Å². The zero-order valence-electron chi connectivity index (χ0n) is 14.3. The highest BCUT2D eigenvalue weighted by molar-refractivity contribution is 6.36. The standard InChI is InChI=1S/C18H20Cl2N2O3/c1-16(2)17(3)6-7-18(16,15(24)25)9-13(17)21-22-14(23)11-5-4-10(19)8-12(11)20/h4-5,8H,6-7,9H2,1-3H3,(H,22,23)(H,24,25). The van der Waals surface area contributed by atoms with Crippen LogP contribution in [-0.4, -0.2) is 22.7 Å². The molecule has 2 saturated carbocycles. The van der Waals surface area contributed by atoms with Crippen LogP contribution in [0.15, 0.2) is 23.3 Å². The minimum absolute atomic E-state index is 0.242. The molecule has 2 unspecified atom stereocenters. The molecule has 1 aromatic rings. The molecule has 1 aromatic carbocycles. The van der Waals surface area contributed by atoms with E-state index in [-0.39, 0.29) is 16.0 Å². The number of benzene rings is 1. The van der Waals surface area contributed by atoms with Crippen LogP contribution in [0.2, 0.25) is 10.0 Å². The second-order valence-electron chi connectivity index (χ2n) is 7.64. The largest absolute Gasteiger partial charge is 0.481 e. The SMILES string of the molecule is CC12CCC(C(=O)O)(CC1=NNC(=O)c1ccc(Cl)cc1Cl)C2(C)C. The van der Waals surface area contributed by atoms with Crippen LogP contribution in [0.4, 0.5) is 0 Å². The zero-order chi connectivity index (χ0) is 18.6. The van der Waals surface area contributed by atoms with Crippen molar-refractivity contribution in [2.24, 2.45) is 21.3 Å². The Labute approximate surface area is 156 Å². The summed E-state index contributed by atoms with van der Waals surface area (Å²) in [4.78, 5) is 24.3. The lowest BCUT2D eigenvalue weighted by molar-refractivity contribution is -0.154. The van der Waals surface area contributed by atoms with E-state index in [0.717, 1.165) is 12.1 Å². The van der Waals surface area contributed by atoms with Gasteiger partial charge in [-0.05, 0) is 36.5 Å². The van der Waals surface area contributed by atoms with Crippen LogP contribution in [0.25, 0.3) is 0 Å². The number of carbonyl (C=O) groups excluding carboxylic acids is 1. The maximum absolute atomic E-state index is 12.4. The lowest BCUT2D eigenvalue weighted by Gasteiger charge is -2.37. The van der Waals surface area contributed by atoms with Crippen molar-refractivity contribution in [3.05, 3.63) is 33.8 Å². The second-order valence-corrected chi connectivity index (χ2v) is 8.49. The summed E-state index contributed by atoms with van der Waals surface area (Å²) in [6, 6.07) is 4.61. The second kappa shape index (κ2) is 5.71. The molecule has 0 radical (unpaired) electrons. The molecule has 0 spiro atoms. The van der Waals surface area contributed by atoms with E-state index < -0.39 is 22.7 Å². The first-order valence-corrected chi connectivity index (χ1v) is 8.87. The molecule has 2 fully saturated rings. The smallest absolute Gasteiger partial charge is 0.310 e. The Morgan fingerprint density at radius 2 is 1.88 bits per heavy atom. The number of amides is 1. The molecule has 0 heterocycles. The summed E-state index contributed by atoms with van der Waals surface area (Å²) in [7, 11) is 0. The first-order chi connectivity index (χ1) is 11.5. The van der Waals surface area contributed by atoms with Gasteiger partial charge in [-0.3, -0.25) is 9.59 Å². The number of halogens is 2. The third-order valence-corrected chi connectivity index (χ3v) is 7.16. The van der Waals surface area contributed by atoms with E-state index in [9.17, 15) is 14.7 Å². The Morgan fingerprint density at radius 1 is 1.20 bits per heavy atom. The van der Waals surface area contributed by atoms with Crippen LogP contribution in [0, 0.1) is 16.2 Å². The summed E-state index contributed by atoms with van der Waals surface area (Å²) in [6.07, 6.45) is 1.71. The van der Waals surface area contributed by atoms with Crippen molar-refractivity contribution in [1.82, 2.24) is 5.43 Å². The van der Waals surface area contributed by atoms with Crippen LogP contribution in [0.1, 0.15) is 50.4 Å². The number of hydrogen-bond acceptors (Lipinski definition) is 3. The van der Waals surface area contributed by atoms with E-state index in [1.165, 1.54) is 12.1 Å². The number of carboxylic acid groups (broad SMARTS) is 1. The number of fused-ring (bicyclic) bond motifs is 2. The highest BCUT2D eigenvalue weighted by Crippen LogP contribution is 2.70. The van der Waals surface area contributed by atoms with Crippen LogP contribution >= 0.6 is 23.2 Å². The number of aliphatic carboxylic acids is 1. The summed E-state index contributed by atoms with van der Waals surface area (Å²) in [5.74, 6) is -1.23. The van der Waals surface area contributed by atoms with Gasteiger partial charge in [-0.15, -0.1) is 0 Å². The monoisotopic (exact) mass is 382 g/mol. The number of nitrogens with one attached hydrogen (secondary N) is 1. The summed E-state index contributed by atoms with van der Waals surface area (Å²) in [5, 5.41) is 14.8. The first-order valence-electron chi connectivity index (χ1n) is 8.11. The Morgan fingerprint density at radius 3 is 2.44 bits per heavy atom. The predicted molar refractivity (Wildman–Crippen MR) is 97.2 cm³/mol. The molecule has 0 saturated heterocycles. The lowest BCUT2D eigenvalue weighted by atomic mass is 9.65. The Kier molecular flexibility index (Phi) is 4.16. The molecule has 2 N–H and O–H groups in total. The van der Waals surface area contributed by atoms with E-state index in [1.807, 2.05) is 20.8 Å². The summed E-state index contributed by atoms with van der Waals surface area (Å²) < 4.78 is 0. The fourth-order valence-corrected chi connectivity index (χ4v) is 4.87. The molecule has 2 atom stereocenters. The van der Waals surface area contributed by atoms with Crippen molar-refractivity contribution >= 4 is 40.8 Å². The number of carbonyl (C=O) groups is 2. The van der Waals surface area contributed by atoms with Crippen LogP contribution < -0.4 is 5.43 Å². The van der Waals surface area contributed by atoms with E-state index in [2.05, 4.69) is 10.5 Å². The molecule has 2 bridgehead atoms. The molecule has 2 aliphatic rings. The first kappa shape index (κ1) is 18.2. The molecule has 3 rings (SSSR count). The Hall–Kier alpha value is -1.59. The van der Waals surface area contributed by atoms with Gasteiger partial charge in [-0.2, -0.15) is 5.10 Å². The number of rotatable bonds is 3. The number of carboxylic acids is 1. The number of hydrazone groups is 1. The number of hydrogen-bond donors (Lipinski definition) is 2. The van der Waals surface area contributed by atoms with Crippen LogP contribution in [0.3, 0.4) is 0 Å². The Balaban J connectivity index is 1.88. The van der Waals surface area contributed by atoms with Gasteiger partial charge < -0.3 is 5.11 Å². The van der Waals surface area contributed by atoms with Crippen molar-refractivity contribution in [3.63, 3.8) is 0 Å². The van der Waals surface area contributed by atoms with Gasteiger partial charge in [-0.1, -0.05) is 44.0 Å². The summed E-state index contributed by atoms with van der Waals surface area (Å²) >= 11 is 11.9. The van der Waals surface area contributed by atoms with Gasteiger partial charge >= 0.3 is 5.97 Å². The average Bonchev–Trinajstić information content (AvgIpc) is 2.83. The van der Waals surface area contributed by atoms with Gasteiger partial charge in [0.1, 0.15) is 0 Å². The quantitative estimate of drug-likeness (QED) is 0.761. The third-order valence-electron chi connectivity index (χ3n) is 6.61. The fraction of sp³-hybridized carbons (Fsp3) is 0.500. The molecule has 0 aliphatic heterocycles. The van der Waals surface area contributed by atoms with E-state index in [1.54, 1.807) is 6.07 Å². The third kappa shape index (κ3) is 2.40. The minimum Gasteiger partial charge on any atom is -0.481 e. The van der Waals surface area contributed by atoms with E-state index in [0.29, 0.717) is 17.9 Å². The van der Waals surface area contributed by atoms with Crippen molar-refractivity contribution in [3.8, 4) is 0 Å². The zero-order valence-corrected chi connectivity index (χ0v) is 15.8. The maximum Gasteiger partial charge on any atom is 0.310 e. The van der Waals surface area contributed by atoms with Gasteiger partial charge in [0.05, 0.1) is 16.0 Å².